The van der Waals surface area contributed by atoms with Crippen molar-refractivity contribution in [2.45, 2.75) is 12.8 Å². The van der Waals surface area contributed by atoms with Crippen LogP contribution in [0, 0.1) is 11.6 Å². The van der Waals surface area contributed by atoms with Crippen LogP contribution >= 0.6 is 0 Å². The van der Waals surface area contributed by atoms with Crippen LogP contribution in [0.2, 0.25) is 0 Å². The van der Waals surface area contributed by atoms with Crippen molar-refractivity contribution < 1.29 is 22.3 Å². The molecule has 7 nitrogen and oxygen atoms in total. The van der Waals surface area contributed by atoms with E-state index in [9.17, 15) is 13.2 Å². The molecule has 0 aliphatic carbocycles. The number of nitrogens with zero attached hydrogens (tertiary/aromatic N) is 2. The van der Waals surface area contributed by atoms with Crippen LogP contribution in [0.4, 0.5) is 8.78 Å². The molecule has 1 atom stereocenters. The molecule has 4 aromatic rings. The fourth-order valence-electron chi connectivity index (χ4n) is 3.48. The fraction of sp³-hybridized carbons (Fsp3) is 0.200. The third kappa shape index (κ3) is 3.76. The number of aromatic amines is 1. The standard InChI is InChI=1S/C20H18F2N4O3S/c1-29-17-8-13-12(9-23-20-15(13)10-24-26-20)7-14(17)18-16(21)5-4-11(19(18)22)3-2-6-25-30(27)28/h4-5,7-10,25H,2-3,6H2,1H3,(H,27,28)(H,23,24,26)/p-1. The van der Waals surface area contributed by atoms with Crippen molar-refractivity contribution in [3.63, 3.8) is 0 Å². The molecule has 0 amide bonds. The van der Waals surface area contributed by atoms with Crippen molar-refractivity contribution in [2.24, 2.45) is 0 Å². The van der Waals surface area contributed by atoms with Crippen molar-refractivity contribution >= 4 is 33.1 Å². The van der Waals surface area contributed by atoms with Gasteiger partial charge < -0.3 is 9.29 Å². The predicted octanol–water partition coefficient (Wildman–Crippen LogP) is 3.38. The van der Waals surface area contributed by atoms with Crippen LogP contribution in [0.3, 0.4) is 0 Å². The first-order chi connectivity index (χ1) is 14.5. The summed E-state index contributed by atoms with van der Waals surface area (Å²) in [7, 11) is 1.44. The average molecular weight is 431 g/mol. The zero-order valence-corrected chi connectivity index (χ0v) is 16.7. The van der Waals surface area contributed by atoms with Crippen LogP contribution < -0.4 is 9.46 Å². The summed E-state index contributed by atoms with van der Waals surface area (Å²) in [6.07, 6.45) is 3.85. The maximum Gasteiger partial charge on any atom is 0.155 e. The van der Waals surface area contributed by atoms with E-state index in [2.05, 4.69) is 19.9 Å². The molecule has 0 aliphatic rings. The SMILES string of the molecule is COc1cc2c(cnc3[nH]ncc32)cc1-c1c(F)ccc(CCCNS(=O)[O-])c1F. The van der Waals surface area contributed by atoms with Crippen LogP contribution in [0.1, 0.15) is 12.0 Å². The molecule has 0 aliphatic heterocycles. The normalized spacial score (nSPS) is 12.5. The lowest BCUT2D eigenvalue weighted by molar-refractivity contribution is 0.416. The molecule has 2 aromatic heterocycles. The van der Waals surface area contributed by atoms with Gasteiger partial charge in [-0.3, -0.25) is 9.31 Å². The predicted molar refractivity (Wildman–Crippen MR) is 109 cm³/mol. The van der Waals surface area contributed by atoms with Gasteiger partial charge in [-0.2, -0.15) is 5.10 Å². The number of rotatable bonds is 7. The number of aryl methyl sites for hydroxylation is 1. The Morgan fingerprint density at radius 1 is 1.23 bits per heavy atom. The first-order valence-corrected chi connectivity index (χ1v) is 10.2. The Hall–Kier alpha value is -2.95. The maximum atomic E-state index is 15.3. The van der Waals surface area contributed by atoms with Crippen LogP contribution in [-0.4, -0.2) is 37.6 Å². The number of hydrogen-bond donors (Lipinski definition) is 2. The van der Waals surface area contributed by atoms with E-state index in [4.69, 9.17) is 4.74 Å². The Labute approximate surface area is 172 Å². The topological polar surface area (TPSA) is 103 Å². The number of halogens is 2. The Kier molecular flexibility index (Phi) is 5.71. The first kappa shape index (κ1) is 20.3. The second-order valence-corrected chi connectivity index (χ2v) is 7.42. The smallest absolute Gasteiger partial charge is 0.155 e. The second-order valence-electron chi connectivity index (χ2n) is 6.66. The van der Waals surface area contributed by atoms with Crippen molar-refractivity contribution in [1.82, 2.24) is 19.9 Å². The van der Waals surface area contributed by atoms with Crippen LogP contribution in [0.15, 0.2) is 36.7 Å². The molecule has 0 bridgehead atoms. The molecule has 10 heteroatoms. The lowest BCUT2D eigenvalue weighted by atomic mass is 9.96. The van der Waals surface area contributed by atoms with Gasteiger partial charge in [0.25, 0.3) is 0 Å². The highest BCUT2D eigenvalue weighted by molar-refractivity contribution is 7.77. The summed E-state index contributed by atoms with van der Waals surface area (Å²) in [5, 5.41) is 9.02. The molecular formula is C20H17F2N4O3S-. The first-order valence-electron chi connectivity index (χ1n) is 9.09. The number of aromatic nitrogens is 3. The molecule has 0 spiro atoms. The highest BCUT2D eigenvalue weighted by Gasteiger charge is 2.20. The van der Waals surface area contributed by atoms with E-state index in [-0.39, 0.29) is 29.7 Å². The molecule has 4 rings (SSSR count). The second kappa shape index (κ2) is 8.42. The van der Waals surface area contributed by atoms with Gasteiger partial charge in [-0.25, -0.2) is 18.5 Å². The van der Waals surface area contributed by atoms with Crippen LogP contribution in [0.25, 0.3) is 32.9 Å². The fourth-order valence-corrected chi connectivity index (χ4v) is 3.79. The summed E-state index contributed by atoms with van der Waals surface area (Å²) >= 11 is -2.37. The van der Waals surface area contributed by atoms with Crippen molar-refractivity contribution in [1.29, 1.82) is 0 Å². The number of benzene rings is 2. The van der Waals surface area contributed by atoms with Gasteiger partial charge in [0.15, 0.2) is 5.65 Å². The van der Waals surface area contributed by atoms with Crippen LogP contribution in [0.5, 0.6) is 5.75 Å². The molecule has 30 heavy (non-hydrogen) atoms. The van der Waals surface area contributed by atoms with Crippen LogP contribution in [-0.2, 0) is 17.7 Å². The Bertz CT molecular complexity index is 1260. The number of pyridine rings is 1. The highest BCUT2D eigenvalue weighted by atomic mass is 32.2. The Morgan fingerprint density at radius 2 is 2.07 bits per heavy atom. The van der Waals surface area contributed by atoms with E-state index in [1.165, 1.54) is 19.2 Å². The zero-order chi connectivity index (χ0) is 21.3. The summed E-state index contributed by atoms with van der Waals surface area (Å²) in [5.74, 6) is -1.10. The van der Waals surface area contributed by atoms with Gasteiger partial charge in [-0.1, -0.05) is 6.07 Å². The minimum Gasteiger partial charge on any atom is -0.760 e. The van der Waals surface area contributed by atoms with Crippen molar-refractivity contribution in [3.8, 4) is 16.9 Å². The van der Waals surface area contributed by atoms with Gasteiger partial charge in [0.1, 0.15) is 17.4 Å². The molecule has 156 valence electrons. The van der Waals surface area contributed by atoms with Crippen molar-refractivity contribution in [2.75, 3.05) is 13.7 Å². The van der Waals surface area contributed by atoms with Gasteiger partial charge in [0.2, 0.25) is 0 Å². The van der Waals surface area contributed by atoms with Gasteiger partial charge in [-0.05, 0) is 42.0 Å². The molecule has 2 aromatic carbocycles. The van der Waals surface area contributed by atoms with E-state index in [1.807, 2.05) is 0 Å². The highest BCUT2D eigenvalue weighted by Crippen LogP contribution is 2.39. The Balaban J connectivity index is 1.79. The van der Waals surface area contributed by atoms with E-state index >= 15 is 4.39 Å². The number of nitrogens with one attached hydrogen (secondary N) is 2. The zero-order valence-electron chi connectivity index (χ0n) is 15.9. The molecule has 2 N–H and O–H groups in total. The monoisotopic (exact) mass is 431 g/mol. The summed E-state index contributed by atoms with van der Waals surface area (Å²) in [6, 6.07) is 5.92. The summed E-state index contributed by atoms with van der Waals surface area (Å²) in [6.45, 7) is 0.161. The van der Waals surface area contributed by atoms with E-state index < -0.39 is 22.9 Å². The molecular weight excluding hydrogens is 414 g/mol. The van der Waals surface area contributed by atoms with Gasteiger partial charge in [-0.15, -0.1) is 0 Å². The van der Waals surface area contributed by atoms with Gasteiger partial charge >= 0.3 is 0 Å². The van der Waals surface area contributed by atoms with E-state index in [0.717, 1.165) is 10.8 Å². The quantitative estimate of drug-likeness (QED) is 0.345. The number of hydrogen-bond acceptors (Lipinski definition) is 5. The number of H-pyrrole nitrogens is 1. The average Bonchev–Trinajstić information content (AvgIpc) is 3.21. The van der Waals surface area contributed by atoms with Gasteiger partial charge in [0, 0.05) is 40.3 Å². The number of fused-ring (bicyclic) bond motifs is 3. The third-order valence-corrected chi connectivity index (χ3v) is 5.34. The minimum absolute atomic E-state index is 0.161. The Morgan fingerprint density at radius 3 is 2.83 bits per heavy atom. The summed E-state index contributed by atoms with van der Waals surface area (Å²) in [4.78, 5) is 4.28. The number of methoxy groups -OCH3 is 1. The summed E-state index contributed by atoms with van der Waals surface area (Å²) < 4.78 is 58.7. The lowest BCUT2D eigenvalue weighted by Gasteiger charge is -2.15. The third-order valence-electron chi connectivity index (χ3n) is 4.90. The molecule has 0 saturated carbocycles. The molecule has 1 unspecified atom stereocenters. The largest absolute Gasteiger partial charge is 0.760 e. The minimum atomic E-state index is -2.37. The van der Waals surface area contributed by atoms with E-state index in [0.29, 0.717) is 23.2 Å². The van der Waals surface area contributed by atoms with Crippen molar-refractivity contribution in [3.05, 3.63) is 53.9 Å². The number of ether oxygens (including phenoxy) is 1. The molecule has 0 fully saturated rings. The van der Waals surface area contributed by atoms with E-state index in [1.54, 1.807) is 24.5 Å². The molecule has 2 heterocycles. The molecule has 0 radical (unpaired) electrons. The lowest BCUT2D eigenvalue weighted by Crippen LogP contribution is -2.18. The summed E-state index contributed by atoms with van der Waals surface area (Å²) in [5.41, 5.74) is 0.962. The molecule has 0 saturated heterocycles. The van der Waals surface area contributed by atoms with Gasteiger partial charge in [0.05, 0.1) is 18.9 Å². The maximum absolute atomic E-state index is 15.3.